The molecule has 1 amide bonds. The van der Waals surface area contributed by atoms with E-state index in [1.54, 1.807) is 41.1 Å². The number of halogens is 2. The summed E-state index contributed by atoms with van der Waals surface area (Å²) in [6, 6.07) is 18.8. The molecule has 0 aliphatic carbocycles. The molecule has 1 aliphatic rings. The van der Waals surface area contributed by atoms with Crippen molar-refractivity contribution in [1.29, 1.82) is 0 Å². The molecule has 0 saturated carbocycles. The van der Waals surface area contributed by atoms with Crippen molar-refractivity contribution in [3.63, 3.8) is 0 Å². The van der Waals surface area contributed by atoms with Gasteiger partial charge in [-0.15, -0.1) is 5.10 Å². The second-order valence-electron chi connectivity index (χ2n) is 8.96. The second kappa shape index (κ2) is 10.4. The molecule has 1 aliphatic heterocycles. The summed E-state index contributed by atoms with van der Waals surface area (Å²) in [7, 11) is 0. The van der Waals surface area contributed by atoms with Crippen molar-refractivity contribution in [2.45, 2.75) is 37.7 Å². The maximum Gasteiger partial charge on any atom is 0.255 e. The highest BCUT2D eigenvalue weighted by Crippen LogP contribution is 2.37. The van der Waals surface area contributed by atoms with Crippen molar-refractivity contribution in [3.8, 4) is 0 Å². The summed E-state index contributed by atoms with van der Waals surface area (Å²) in [5, 5.41) is 12.1. The van der Waals surface area contributed by atoms with E-state index in [2.05, 4.69) is 42.7 Å². The van der Waals surface area contributed by atoms with E-state index in [0.717, 1.165) is 5.56 Å². The van der Waals surface area contributed by atoms with Crippen LogP contribution in [0.4, 0.5) is 16.0 Å². The molecule has 3 aromatic carbocycles. The molecule has 188 valence electrons. The number of allylic oxidation sites excluding steroid dienone is 1. The Hall–Kier alpha value is -3.62. The number of fused-ring (bicyclic) bond motifs is 1. The zero-order valence-electron chi connectivity index (χ0n) is 20.5. The van der Waals surface area contributed by atoms with Crippen LogP contribution in [0.25, 0.3) is 0 Å². The molecular formula is C28H25ClFN5OS. The Labute approximate surface area is 224 Å². The lowest BCUT2D eigenvalue weighted by Gasteiger charge is -2.28. The van der Waals surface area contributed by atoms with Gasteiger partial charge in [-0.3, -0.25) is 4.79 Å². The van der Waals surface area contributed by atoms with Gasteiger partial charge in [-0.1, -0.05) is 59.3 Å². The number of rotatable bonds is 6. The third kappa shape index (κ3) is 5.40. The molecule has 0 spiro atoms. The maximum absolute atomic E-state index is 13.8. The number of carbonyl (C=O) groups excluding carboxylic acids is 1. The van der Waals surface area contributed by atoms with Crippen LogP contribution in [0.2, 0.25) is 5.02 Å². The van der Waals surface area contributed by atoms with Gasteiger partial charge >= 0.3 is 0 Å². The van der Waals surface area contributed by atoms with Crippen LogP contribution in [-0.2, 0) is 10.5 Å². The lowest BCUT2D eigenvalue weighted by atomic mass is 9.95. The summed E-state index contributed by atoms with van der Waals surface area (Å²) in [5.74, 6) is 0.590. The van der Waals surface area contributed by atoms with Gasteiger partial charge in [0.2, 0.25) is 11.1 Å². The van der Waals surface area contributed by atoms with Gasteiger partial charge in [0, 0.05) is 22.2 Å². The topological polar surface area (TPSA) is 71.8 Å². The molecule has 1 aromatic heterocycles. The molecule has 4 aromatic rings. The fourth-order valence-electron chi connectivity index (χ4n) is 4.32. The molecule has 5 rings (SSSR count). The first-order valence-corrected chi connectivity index (χ1v) is 13.1. The van der Waals surface area contributed by atoms with Crippen molar-refractivity contribution < 1.29 is 9.18 Å². The maximum atomic E-state index is 13.8. The molecule has 2 heterocycles. The van der Waals surface area contributed by atoms with Crippen LogP contribution in [0.3, 0.4) is 0 Å². The number of anilines is 2. The van der Waals surface area contributed by atoms with Crippen LogP contribution >= 0.6 is 23.4 Å². The second-order valence-corrected chi connectivity index (χ2v) is 10.3. The van der Waals surface area contributed by atoms with Crippen molar-refractivity contribution >= 4 is 40.9 Å². The first kappa shape index (κ1) is 25.0. The molecule has 1 unspecified atom stereocenters. The Morgan fingerprint density at radius 1 is 1.08 bits per heavy atom. The molecule has 2 N–H and O–H groups in total. The number of hydrogen-bond donors (Lipinski definition) is 2. The number of thioether (sulfide) groups is 1. The summed E-state index contributed by atoms with van der Waals surface area (Å²) in [5.41, 5.74) is 6.10. The van der Waals surface area contributed by atoms with Crippen LogP contribution in [0.5, 0.6) is 0 Å². The number of hydrogen-bond acceptors (Lipinski definition) is 5. The van der Waals surface area contributed by atoms with Crippen molar-refractivity contribution in [2.75, 3.05) is 10.6 Å². The summed E-state index contributed by atoms with van der Waals surface area (Å²) < 4.78 is 15.5. The van der Waals surface area contributed by atoms with E-state index in [1.807, 2.05) is 6.92 Å². The number of nitrogens with one attached hydrogen (secondary N) is 2. The van der Waals surface area contributed by atoms with Gasteiger partial charge in [-0.05, 0) is 73.9 Å². The number of nitrogens with zero attached hydrogens (tertiary/aromatic N) is 3. The number of carbonyl (C=O) groups is 1. The third-order valence-electron chi connectivity index (χ3n) is 6.22. The van der Waals surface area contributed by atoms with Gasteiger partial charge in [0.25, 0.3) is 5.91 Å². The minimum absolute atomic E-state index is 0.299. The highest BCUT2D eigenvalue weighted by molar-refractivity contribution is 7.98. The van der Waals surface area contributed by atoms with E-state index >= 15 is 0 Å². The molecule has 37 heavy (non-hydrogen) atoms. The summed E-state index contributed by atoms with van der Waals surface area (Å²) >= 11 is 7.52. The van der Waals surface area contributed by atoms with E-state index in [1.165, 1.54) is 40.6 Å². The van der Waals surface area contributed by atoms with E-state index in [4.69, 9.17) is 21.7 Å². The van der Waals surface area contributed by atoms with Crippen LogP contribution in [0.15, 0.2) is 83.2 Å². The standard InChI is InChI=1S/C28H25ClFN5OS/c1-16-4-5-20(17(2)14-16)15-37-28-33-27-31-18(3)24(26(36)32-23-12-8-21(29)9-13-23)25(35(27)34-28)19-6-10-22(30)11-7-19/h4-14,25H,15H2,1-3H3,(H,32,36)(H,31,33,34). The Morgan fingerprint density at radius 3 is 2.51 bits per heavy atom. The Balaban J connectivity index is 1.47. The lowest BCUT2D eigenvalue weighted by Crippen LogP contribution is -2.31. The Bertz CT molecular complexity index is 1500. The predicted octanol–water partition coefficient (Wildman–Crippen LogP) is 6.91. The SMILES string of the molecule is CC1=C(C(=O)Nc2ccc(Cl)cc2)C(c2ccc(F)cc2)n2nc(SCc3ccc(C)cc3C)nc2N1. The first-order valence-electron chi connectivity index (χ1n) is 11.7. The van der Waals surface area contributed by atoms with E-state index in [0.29, 0.717) is 38.8 Å². The van der Waals surface area contributed by atoms with Crippen LogP contribution in [-0.4, -0.2) is 20.7 Å². The van der Waals surface area contributed by atoms with Gasteiger partial charge in [0.05, 0.1) is 5.57 Å². The fraction of sp³-hybridized carbons (Fsp3) is 0.179. The minimum Gasteiger partial charge on any atom is -0.328 e. The van der Waals surface area contributed by atoms with Crippen molar-refractivity contribution in [1.82, 2.24) is 14.8 Å². The number of amides is 1. The van der Waals surface area contributed by atoms with E-state index < -0.39 is 6.04 Å². The Kier molecular flexibility index (Phi) is 7.04. The van der Waals surface area contributed by atoms with Gasteiger partial charge < -0.3 is 10.6 Å². The molecule has 1 atom stereocenters. The third-order valence-corrected chi connectivity index (χ3v) is 7.36. The smallest absolute Gasteiger partial charge is 0.255 e. The largest absolute Gasteiger partial charge is 0.328 e. The van der Waals surface area contributed by atoms with Crippen LogP contribution in [0.1, 0.15) is 35.2 Å². The molecule has 0 saturated heterocycles. The zero-order valence-corrected chi connectivity index (χ0v) is 22.1. The average Bonchev–Trinajstić information content (AvgIpc) is 3.27. The molecule has 0 bridgehead atoms. The molecule has 0 radical (unpaired) electrons. The molecule has 0 fully saturated rings. The zero-order chi connectivity index (χ0) is 26.1. The molecule has 6 nitrogen and oxygen atoms in total. The summed E-state index contributed by atoms with van der Waals surface area (Å²) in [6.45, 7) is 6.00. The van der Waals surface area contributed by atoms with Crippen molar-refractivity contribution in [3.05, 3.63) is 111 Å². The fourth-order valence-corrected chi connectivity index (χ4v) is 5.35. The lowest BCUT2D eigenvalue weighted by molar-refractivity contribution is -0.113. The summed E-state index contributed by atoms with van der Waals surface area (Å²) in [6.07, 6.45) is 0. The van der Waals surface area contributed by atoms with Crippen molar-refractivity contribution in [2.24, 2.45) is 0 Å². The monoisotopic (exact) mass is 533 g/mol. The van der Waals surface area contributed by atoms with E-state index in [-0.39, 0.29) is 11.7 Å². The van der Waals surface area contributed by atoms with Gasteiger partial charge in [-0.2, -0.15) is 4.98 Å². The Morgan fingerprint density at radius 2 is 1.81 bits per heavy atom. The van der Waals surface area contributed by atoms with E-state index in [9.17, 15) is 9.18 Å². The van der Waals surface area contributed by atoms with Crippen LogP contribution < -0.4 is 10.6 Å². The highest BCUT2D eigenvalue weighted by Gasteiger charge is 2.34. The first-order chi connectivity index (χ1) is 17.8. The number of benzene rings is 3. The predicted molar refractivity (Wildman–Crippen MR) is 146 cm³/mol. The number of aromatic nitrogens is 3. The van der Waals surface area contributed by atoms with Gasteiger partial charge in [0.15, 0.2) is 0 Å². The van der Waals surface area contributed by atoms with Gasteiger partial charge in [-0.25, -0.2) is 9.07 Å². The highest BCUT2D eigenvalue weighted by atomic mass is 35.5. The molecular weight excluding hydrogens is 509 g/mol. The quantitative estimate of drug-likeness (QED) is 0.263. The van der Waals surface area contributed by atoms with Crippen LogP contribution in [0, 0.1) is 19.7 Å². The minimum atomic E-state index is -0.591. The normalized spacial score (nSPS) is 14.8. The average molecular weight is 534 g/mol. The summed E-state index contributed by atoms with van der Waals surface area (Å²) in [4.78, 5) is 18.2. The van der Waals surface area contributed by atoms with Gasteiger partial charge in [0.1, 0.15) is 11.9 Å². The molecule has 9 heteroatoms. The number of aryl methyl sites for hydroxylation is 2.